The number of hydrogen-bond acceptors (Lipinski definition) is 6. The van der Waals surface area contributed by atoms with Gasteiger partial charge in [0.1, 0.15) is 34.6 Å². The Labute approximate surface area is 222 Å². The minimum absolute atomic E-state index is 0.0437. The zero-order valence-corrected chi connectivity index (χ0v) is 21.4. The molecule has 2 aromatic heterocycles. The number of benzene rings is 1. The fourth-order valence-electron chi connectivity index (χ4n) is 4.63. The summed E-state index contributed by atoms with van der Waals surface area (Å²) in [5.41, 5.74) is -1.89. The maximum atomic E-state index is 14.0. The van der Waals surface area contributed by atoms with Crippen molar-refractivity contribution in [3.8, 4) is 0 Å². The number of likely N-dealkylation sites (tertiary alicyclic amines) is 1. The smallest absolute Gasteiger partial charge is 0.383 e. The molecule has 7 nitrogen and oxygen atoms in total. The Morgan fingerprint density at radius 1 is 1.08 bits per heavy atom. The van der Waals surface area contributed by atoms with Crippen LogP contribution in [0.3, 0.4) is 0 Å². The highest BCUT2D eigenvalue weighted by molar-refractivity contribution is 5.79. The van der Waals surface area contributed by atoms with E-state index in [9.17, 15) is 31.9 Å². The van der Waals surface area contributed by atoms with Gasteiger partial charge in [-0.1, -0.05) is 12.1 Å². The van der Waals surface area contributed by atoms with Crippen molar-refractivity contribution in [3.63, 3.8) is 0 Å². The Bertz CT molecular complexity index is 1320. The summed E-state index contributed by atoms with van der Waals surface area (Å²) in [7, 11) is 0. The topological polar surface area (TPSA) is 91.2 Å². The standard InChI is InChI=1S/C27H28F5N5O2/c1-16-33-14-19(26(2,39)15-34-23-8-4-7-22(36-23)27(30,31)32)25(35-16)17-9-11-37(12-10-17)24(38)13-18-20(28)5-3-6-21(18)29/h3-8,14,17,39H,9-13,15H2,1-2H3,(H,34,36). The molecule has 0 radical (unpaired) electrons. The molecule has 1 aliphatic rings. The number of alkyl halides is 3. The van der Waals surface area contributed by atoms with Crippen LogP contribution in [-0.2, 0) is 23.0 Å². The number of pyridine rings is 1. The Morgan fingerprint density at radius 3 is 2.36 bits per heavy atom. The van der Waals surface area contributed by atoms with Crippen LogP contribution in [0.4, 0.5) is 27.8 Å². The normalized spacial score (nSPS) is 16.2. The summed E-state index contributed by atoms with van der Waals surface area (Å²) < 4.78 is 67.0. The number of anilines is 1. The van der Waals surface area contributed by atoms with Crippen molar-refractivity contribution < 1.29 is 31.9 Å². The van der Waals surface area contributed by atoms with Gasteiger partial charge >= 0.3 is 6.18 Å². The molecule has 208 valence electrons. The number of halogens is 5. The molecule has 12 heteroatoms. The van der Waals surface area contributed by atoms with E-state index < -0.39 is 29.1 Å². The summed E-state index contributed by atoms with van der Waals surface area (Å²) in [6.45, 7) is 3.71. The number of nitrogens with zero attached hydrogens (tertiary/aromatic N) is 4. The van der Waals surface area contributed by atoms with Crippen molar-refractivity contribution in [2.24, 2.45) is 0 Å². The Hall–Kier alpha value is -3.67. The molecule has 2 N–H and O–H groups in total. The van der Waals surface area contributed by atoms with Crippen LogP contribution >= 0.6 is 0 Å². The molecule has 0 saturated carbocycles. The molecule has 3 heterocycles. The van der Waals surface area contributed by atoms with E-state index in [1.165, 1.54) is 31.3 Å². The average molecular weight is 550 g/mol. The molecule has 0 aliphatic carbocycles. The van der Waals surface area contributed by atoms with E-state index in [1.807, 2.05) is 0 Å². The lowest BCUT2D eigenvalue weighted by Crippen LogP contribution is -2.40. The lowest BCUT2D eigenvalue weighted by atomic mass is 9.85. The first-order chi connectivity index (χ1) is 18.3. The Kier molecular flexibility index (Phi) is 8.15. The quantitative estimate of drug-likeness (QED) is 0.414. The highest BCUT2D eigenvalue weighted by atomic mass is 19.4. The molecule has 39 heavy (non-hydrogen) atoms. The molecule has 0 spiro atoms. The predicted molar refractivity (Wildman–Crippen MR) is 133 cm³/mol. The zero-order chi connectivity index (χ0) is 28.4. The van der Waals surface area contributed by atoms with Crippen molar-refractivity contribution in [2.75, 3.05) is 25.0 Å². The number of hydrogen-bond donors (Lipinski definition) is 2. The van der Waals surface area contributed by atoms with E-state index in [2.05, 4.69) is 20.3 Å². The summed E-state index contributed by atoms with van der Waals surface area (Å²) in [5.74, 6) is -1.63. The Balaban J connectivity index is 1.45. The minimum atomic E-state index is -4.60. The van der Waals surface area contributed by atoms with Gasteiger partial charge in [0.15, 0.2) is 0 Å². The number of rotatable bonds is 7. The van der Waals surface area contributed by atoms with Crippen molar-refractivity contribution in [3.05, 3.63) is 82.6 Å². The van der Waals surface area contributed by atoms with Crippen LogP contribution in [-0.4, -0.2) is 50.5 Å². The lowest BCUT2D eigenvalue weighted by molar-refractivity contribution is -0.141. The molecule has 1 atom stereocenters. The minimum Gasteiger partial charge on any atom is -0.383 e. The van der Waals surface area contributed by atoms with Gasteiger partial charge in [0, 0.05) is 42.9 Å². The maximum Gasteiger partial charge on any atom is 0.433 e. The van der Waals surface area contributed by atoms with Crippen LogP contribution < -0.4 is 5.32 Å². The largest absolute Gasteiger partial charge is 0.433 e. The van der Waals surface area contributed by atoms with Gasteiger partial charge in [0.05, 0.1) is 12.1 Å². The second-order valence-corrected chi connectivity index (χ2v) is 9.78. The molecule has 1 aromatic carbocycles. The van der Waals surface area contributed by atoms with Crippen molar-refractivity contribution in [2.45, 2.75) is 50.8 Å². The molecule has 4 rings (SSSR count). The first kappa shape index (κ1) is 28.3. The van der Waals surface area contributed by atoms with Crippen LogP contribution in [0.25, 0.3) is 0 Å². The summed E-state index contributed by atoms with van der Waals surface area (Å²) in [4.78, 5) is 26.6. The number of aromatic nitrogens is 3. The monoisotopic (exact) mass is 549 g/mol. The molecule has 3 aromatic rings. The highest BCUT2D eigenvalue weighted by Gasteiger charge is 2.35. The van der Waals surface area contributed by atoms with Crippen LogP contribution in [0.5, 0.6) is 0 Å². The van der Waals surface area contributed by atoms with Crippen LogP contribution in [0.2, 0.25) is 0 Å². The molecule has 1 fully saturated rings. The van der Waals surface area contributed by atoms with Gasteiger partial charge in [0.25, 0.3) is 0 Å². The fraction of sp³-hybridized carbons (Fsp3) is 0.407. The van der Waals surface area contributed by atoms with E-state index in [0.29, 0.717) is 43.0 Å². The van der Waals surface area contributed by atoms with E-state index in [4.69, 9.17) is 0 Å². The van der Waals surface area contributed by atoms with Crippen molar-refractivity contribution >= 4 is 11.7 Å². The third-order valence-electron chi connectivity index (χ3n) is 6.80. The first-order valence-corrected chi connectivity index (χ1v) is 12.4. The number of nitrogens with one attached hydrogen (secondary N) is 1. The molecular formula is C27H28F5N5O2. The van der Waals surface area contributed by atoms with Gasteiger partial charge < -0.3 is 15.3 Å². The lowest BCUT2D eigenvalue weighted by Gasteiger charge is -2.34. The van der Waals surface area contributed by atoms with Gasteiger partial charge in [0.2, 0.25) is 5.91 Å². The Morgan fingerprint density at radius 2 is 1.72 bits per heavy atom. The molecule has 1 aliphatic heterocycles. The number of piperidine rings is 1. The third-order valence-corrected chi connectivity index (χ3v) is 6.80. The number of carbonyl (C=O) groups is 1. The van der Waals surface area contributed by atoms with Gasteiger partial charge in [-0.15, -0.1) is 0 Å². The molecule has 1 saturated heterocycles. The van der Waals surface area contributed by atoms with E-state index >= 15 is 0 Å². The van der Waals surface area contributed by atoms with Crippen LogP contribution in [0.1, 0.15) is 54.0 Å². The molecule has 0 bridgehead atoms. The van der Waals surface area contributed by atoms with E-state index in [0.717, 1.165) is 18.2 Å². The second-order valence-electron chi connectivity index (χ2n) is 9.78. The second kappa shape index (κ2) is 11.2. The summed E-state index contributed by atoms with van der Waals surface area (Å²) in [5, 5.41) is 14.1. The molecule has 1 amide bonds. The highest BCUT2D eigenvalue weighted by Crippen LogP contribution is 2.34. The third kappa shape index (κ3) is 6.67. The van der Waals surface area contributed by atoms with Crippen molar-refractivity contribution in [1.82, 2.24) is 19.9 Å². The fourth-order valence-corrected chi connectivity index (χ4v) is 4.63. The number of aliphatic hydroxyl groups is 1. The van der Waals surface area contributed by atoms with Crippen molar-refractivity contribution in [1.29, 1.82) is 0 Å². The SMILES string of the molecule is Cc1ncc(C(C)(O)CNc2cccc(C(F)(F)F)n2)c(C2CCN(C(=O)Cc3c(F)cccc3F)CC2)n1. The average Bonchev–Trinajstić information content (AvgIpc) is 2.89. The number of amides is 1. The zero-order valence-electron chi connectivity index (χ0n) is 21.4. The number of aryl methyl sites for hydroxylation is 1. The summed E-state index contributed by atoms with van der Waals surface area (Å²) >= 11 is 0. The van der Waals surface area contributed by atoms with E-state index in [-0.39, 0.29) is 36.2 Å². The van der Waals surface area contributed by atoms with Gasteiger partial charge in [-0.3, -0.25) is 4.79 Å². The summed E-state index contributed by atoms with van der Waals surface area (Å²) in [6.07, 6.45) is -2.50. The first-order valence-electron chi connectivity index (χ1n) is 12.4. The van der Waals surface area contributed by atoms with Crippen LogP contribution in [0.15, 0.2) is 42.6 Å². The van der Waals surface area contributed by atoms with Gasteiger partial charge in [-0.25, -0.2) is 23.7 Å². The van der Waals surface area contributed by atoms with Gasteiger partial charge in [-0.2, -0.15) is 13.2 Å². The number of carbonyl (C=O) groups excluding carboxylic acids is 1. The maximum absolute atomic E-state index is 14.0. The molecular weight excluding hydrogens is 521 g/mol. The van der Waals surface area contributed by atoms with Crippen LogP contribution in [0, 0.1) is 18.6 Å². The predicted octanol–water partition coefficient (Wildman–Crippen LogP) is 4.75. The molecule has 1 unspecified atom stereocenters. The van der Waals surface area contributed by atoms with E-state index in [1.54, 1.807) is 11.8 Å². The summed E-state index contributed by atoms with van der Waals surface area (Å²) in [6, 6.07) is 6.92. The van der Waals surface area contributed by atoms with Gasteiger partial charge in [-0.05, 0) is 51.0 Å².